The molecule has 1 aliphatic rings. The maximum absolute atomic E-state index is 3.03. The van der Waals surface area contributed by atoms with E-state index >= 15 is 0 Å². The largest absolute Gasteiger partial charge is 0.273 e. The van der Waals surface area contributed by atoms with Gasteiger partial charge in [0.1, 0.15) is 0 Å². The zero-order chi connectivity index (χ0) is 11.6. The molecule has 0 bridgehead atoms. The normalized spacial score (nSPS) is 14.1. The molecule has 4 heteroatoms. The molecule has 99 valence electrons. The van der Waals surface area contributed by atoms with E-state index < -0.39 is 0 Å². The van der Waals surface area contributed by atoms with Crippen LogP contribution in [0.25, 0.3) is 0 Å². The van der Waals surface area contributed by atoms with E-state index in [1.807, 2.05) is 13.8 Å². The third-order valence-corrected chi connectivity index (χ3v) is 1.42. The van der Waals surface area contributed by atoms with E-state index in [0.717, 1.165) is 19.3 Å². The lowest BCUT2D eigenvalue weighted by atomic mass is 10.3. The maximum atomic E-state index is 3.03. The topological polar surface area (TPSA) is 27.3 Å². The Bertz CT molecular complexity index is 99.7. The zero-order valence-electron chi connectivity index (χ0n) is 11.6. The van der Waals surface area contributed by atoms with Crippen molar-refractivity contribution in [3.05, 3.63) is 0 Å². The number of hydrogen-bond acceptors (Lipinski definition) is 3. The molecule has 3 nitrogen and oxygen atoms in total. The summed E-state index contributed by atoms with van der Waals surface area (Å²) < 4.78 is 0. The van der Waals surface area contributed by atoms with Crippen molar-refractivity contribution < 1.29 is 0 Å². The molecule has 0 aromatic heterocycles. The van der Waals surface area contributed by atoms with Crippen LogP contribution in [0, 0.1) is 5.92 Å². The van der Waals surface area contributed by atoms with E-state index in [0.29, 0.717) is 6.04 Å². The summed E-state index contributed by atoms with van der Waals surface area (Å²) in [5.74, 6) is 0.833. The van der Waals surface area contributed by atoms with E-state index in [1.165, 1.54) is 0 Å². The van der Waals surface area contributed by atoms with Gasteiger partial charge in [-0.15, -0.1) is 0 Å². The van der Waals surface area contributed by atoms with Gasteiger partial charge in [-0.05, 0) is 19.8 Å². The van der Waals surface area contributed by atoms with Crippen molar-refractivity contribution in [2.45, 2.75) is 61.9 Å². The van der Waals surface area contributed by atoms with Gasteiger partial charge in [-0.25, -0.2) is 10.9 Å². The van der Waals surface area contributed by atoms with Crippen LogP contribution in [0.1, 0.15) is 55.9 Å². The van der Waals surface area contributed by atoms with Crippen LogP contribution in [0.15, 0.2) is 0 Å². The second-order valence-electron chi connectivity index (χ2n) is 4.08. The molecule has 0 saturated carbocycles. The third-order valence-electron chi connectivity index (χ3n) is 1.42. The first-order valence-electron chi connectivity index (χ1n) is 5.73. The van der Waals surface area contributed by atoms with E-state index in [4.69, 9.17) is 0 Å². The first-order chi connectivity index (χ1) is 6.54. The van der Waals surface area contributed by atoms with Gasteiger partial charge in [0.25, 0.3) is 0 Å². The molecule has 0 amide bonds. The SMILES string of the molecule is C.CC.CC(C)C.CC(C)N1CNNC1.[B]. The molecule has 1 aliphatic heterocycles. The van der Waals surface area contributed by atoms with Crippen LogP contribution in [0.2, 0.25) is 0 Å². The molecule has 0 aromatic rings. The molecule has 3 radical (unpaired) electrons. The van der Waals surface area contributed by atoms with Gasteiger partial charge in [-0.3, -0.25) is 4.90 Å². The Morgan fingerprint density at radius 3 is 1.25 bits per heavy atom. The van der Waals surface area contributed by atoms with Crippen LogP contribution in [0.3, 0.4) is 0 Å². The number of nitrogens with zero attached hydrogens (tertiary/aromatic N) is 1. The Hall–Kier alpha value is -0.0551. The molecule has 0 spiro atoms. The second-order valence-corrected chi connectivity index (χ2v) is 4.08. The maximum Gasteiger partial charge on any atom is 0.0629 e. The predicted molar refractivity (Wildman–Crippen MR) is 77.3 cm³/mol. The average Bonchev–Trinajstić information content (AvgIpc) is 2.58. The van der Waals surface area contributed by atoms with Crippen molar-refractivity contribution in [3.8, 4) is 0 Å². The van der Waals surface area contributed by atoms with Crippen molar-refractivity contribution in [3.63, 3.8) is 0 Å². The molecule has 2 N–H and O–H groups in total. The predicted octanol–water partition coefficient (Wildman–Crippen LogP) is 2.66. The molecule has 1 fully saturated rings. The Morgan fingerprint density at radius 1 is 0.875 bits per heavy atom. The fourth-order valence-corrected chi connectivity index (χ4v) is 0.736. The Labute approximate surface area is 106 Å². The van der Waals surface area contributed by atoms with Crippen molar-refractivity contribution in [2.75, 3.05) is 13.3 Å². The highest BCUT2D eigenvalue weighted by Gasteiger charge is 2.11. The van der Waals surface area contributed by atoms with Gasteiger partial charge in [-0.2, -0.15) is 0 Å². The summed E-state index contributed by atoms with van der Waals surface area (Å²) >= 11 is 0. The lowest BCUT2D eigenvalue weighted by molar-refractivity contribution is 0.269. The van der Waals surface area contributed by atoms with Crippen LogP contribution in [-0.2, 0) is 0 Å². The quantitative estimate of drug-likeness (QED) is 0.678. The smallest absolute Gasteiger partial charge is 0.0629 e. The highest BCUT2D eigenvalue weighted by molar-refractivity contribution is 5.75. The molecular formula is C12H33BN3. The standard InChI is InChI=1S/C5H13N3.C4H10.C2H6.CH4.B/c1-5(2)8-3-6-7-4-8;1-4(2)3;1-2;;/h5-7H,3-4H2,1-2H3;4H,1-3H3;1-2H3;1H4;. The van der Waals surface area contributed by atoms with Crippen LogP contribution >= 0.6 is 0 Å². The van der Waals surface area contributed by atoms with Crippen molar-refractivity contribution in [2.24, 2.45) is 5.92 Å². The van der Waals surface area contributed by atoms with Crippen molar-refractivity contribution in [1.82, 2.24) is 15.8 Å². The van der Waals surface area contributed by atoms with Crippen molar-refractivity contribution >= 4 is 8.41 Å². The lowest BCUT2D eigenvalue weighted by Crippen LogP contribution is -2.29. The second kappa shape index (κ2) is 17.3. The van der Waals surface area contributed by atoms with Gasteiger partial charge in [0.15, 0.2) is 0 Å². The molecule has 0 unspecified atom stereocenters. The van der Waals surface area contributed by atoms with Crippen LogP contribution < -0.4 is 10.9 Å². The number of hydrogen-bond donors (Lipinski definition) is 2. The van der Waals surface area contributed by atoms with E-state index in [9.17, 15) is 0 Å². The summed E-state index contributed by atoms with van der Waals surface area (Å²) in [6, 6.07) is 0.650. The monoisotopic (exact) mass is 230 g/mol. The summed E-state index contributed by atoms with van der Waals surface area (Å²) in [5.41, 5.74) is 6.06. The minimum atomic E-state index is 0. The van der Waals surface area contributed by atoms with Crippen LogP contribution in [0.4, 0.5) is 0 Å². The number of nitrogens with one attached hydrogen (secondary N) is 2. The summed E-state index contributed by atoms with van der Waals surface area (Å²) in [7, 11) is 0. The third kappa shape index (κ3) is 19.5. The number of rotatable bonds is 1. The highest BCUT2D eigenvalue weighted by Crippen LogP contribution is 1.95. The molecule has 0 aliphatic carbocycles. The van der Waals surface area contributed by atoms with Gasteiger partial charge in [0.2, 0.25) is 0 Å². The fraction of sp³-hybridized carbons (Fsp3) is 1.00. The van der Waals surface area contributed by atoms with Gasteiger partial charge < -0.3 is 0 Å². The minimum Gasteiger partial charge on any atom is -0.273 e. The zero-order valence-corrected chi connectivity index (χ0v) is 11.6. The van der Waals surface area contributed by atoms with Crippen LogP contribution in [-0.4, -0.2) is 32.7 Å². The summed E-state index contributed by atoms with van der Waals surface area (Å²) in [6.45, 7) is 16.8. The van der Waals surface area contributed by atoms with Gasteiger partial charge in [0, 0.05) is 14.5 Å². The molecule has 16 heavy (non-hydrogen) atoms. The van der Waals surface area contributed by atoms with Gasteiger partial charge >= 0.3 is 0 Å². The van der Waals surface area contributed by atoms with Crippen molar-refractivity contribution in [1.29, 1.82) is 0 Å². The lowest BCUT2D eigenvalue weighted by Gasteiger charge is -2.16. The van der Waals surface area contributed by atoms with E-state index in [2.05, 4.69) is 50.4 Å². The van der Waals surface area contributed by atoms with E-state index in [-0.39, 0.29) is 15.8 Å². The molecule has 0 aromatic carbocycles. The first kappa shape index (κ1) is 25.0. The fourth-order valence-electron chi connectivity index (χ4n) is 0.736. The molecular weight excluding hydrogens is 197 g/mol. The van der Waals surface area contributed by atoms with Crippen LogP contribution in [0.5, 0.6) is 0 Å². The Balaban J connectivity index is -0.0000000793. The van der Waals surface area contributed by atoms with E-state index in [1.54, 1.807) is 0 Å². The minimum absolute atomic E-state index is 0. The summed E-state index contributed by atoms with van der Waals surface area (Å²) in [5, 5.41) is 0. The van der Waals surface area contributed by atoms with Gasteiger partial charge in [0.05, 0.1) is 13.3 Å². The average molecular weight is 230 g/mol. The molecule has 1 saturated heterocycles. The highest BCUT2D eigenvalue weighted by atomic mass is 15.5. The summed E-state index contributed by atoms with van der Waals surface area (Å²) in [4.78, 5) is 2.31. The Kier molecular flexibility index (Phi) is 27.1. The summed E-state index contributed by atoms with van der Waals surface area (Å²) in [6.07, 6.45) is 0. The number of hydrazine groups is 1. The molecule has 1 rings (SSSR count). The molecule has 1 heterocycles. The Morgan fingerprint density at radius 2 is 1.12 bits per heavy atom. The first-order valence-corrected chi connectivity index (χ1v) is 5.73. The van der Waals surface area contributed by atoms with Gasteiger partial charge in [-0.1, -0.05) is 42.0 Å². The molecule has 0 atom stereocenters.